The quantitative estimate of drug-likeness (QED) is 0.726. The number of rotatable bonds is 2. The van der Waals surface area contributed by atoms with Crippen LogP contribution in [0.25, 0.3) is 10.2 Å². The lowest BCUT2D eigenvalue weighted by atomic mass is 10.1. The number of thiazole rings is 1. The summed E-state index contributed by atoms with van der Waals surface area (Å²) in [7, 11) is 0. The van der Waals surface area contributed by atoms with Gasteiger partial charge in [0.1, 0.15) is 0 Å². The van der Waals surface area contributed by atoms with Crippen molar-refractivity contribution in [3.05, 3.63) is 28.8 Å². The average Bonchev–Trinajstić information content (AvgIpc) is 2.44. The van der Waals surface area contributed by atoms with Crippen LogP contribution in [0.2, 0.25) is 0 Å². The second kappa shape index (κ2) is 3.70. The van der Waals surface area contributed by atoms with E-state index in [0.29, 0.717) is 5.92 Å². The summed E-state index contributed by atoms with van der Waals surface area (Å²) >= 11 is 1.82. The summed E-state index contributed by atoms with van der Waals surface area (Å²) in [4.78, 5) is 4.63. The Kier molecular flexibility index (Phi) is 2.55. The van der Waals surface area contributed by atoms with E-state index >= 15 is 0 Å². The van der Waals surface area contributed by atoms with Crippen LogP contribution in [0.3, 0.4) is 0 Å². The van der Waals surface area contributed by atoms with E-state index < -0.39 is 0 Å². The van der Waals surface area contributed by atoms with Crippen LogP contribution in [0, 0.1) is 12.8 Å². The van der Waals surface area contributed by atoms with Crippen LogP contribution in [-0.4, -0.2) is 4.98 Å². The van der Waals surface area contributed by atoms with Crippen LogP contribution in [-0.2, 0) is 6.42 Å². The number of aryl methyl sites for hydroxylation is 1. The fourth-order valence-corrected chi connectivity index (χ4v) is 2.68. The molecule has 0 atom stereocenters. The van der Waals surface area contributed by atoms with Crippen molar-refractivity contribution in [3.8, 4) is 0 Å². The smallest absolute Gasteiger partial charge is 0.0941 e. The van der Waals surface area contributed by atoms with Crippen LogP contribution in [0.1, 0.15) is 24.4 Å². The molecular weight excluding hydrogens is 190 g/mol. The van der Waals surface area contributed by atoms with E-state index in [-0.39, 0.29) is 0 Å². The van der Waals surface area contributed by atoms with Gasteiger partial charge in [-0.15, -0.1) is 11.3 Å². The summed E-state index contributed by atoms with van der Waals surface area (Å²) in [5, 5.41) is 1.26. The predicted molar refractivity (Wildman–Crippen MR) is 62.9 cm³/mol. The van der Waals surface area contributed by atoms with Gasteiger partial charge in [-0.3, -0.25) is 0 Å². The van der Waals surface area contributed by atoms with Gasteiger partial charge in [0.15, 0.2) is 0 Å². The summed E-state index contributed by atoms with van der Waals surface area (Å²) < 4.78 is 1.31. The van der Waals surface area contributed by atoms with E-state index in [4.69, 9.17) is 0 Å². The average molecular weight is 205 g/mol. The van der Waals surface area contributed by atoms with Crippen LogP contribution < -0.4 is 0 Å². The van der Waals surface area contributed by atoms with Crippen molar-refractivity contribution in [2.24, 2.45) is 5.92 Å². The molecule has 0 aliphatic carbocycles. The number of aromatic nitrogens is 1. The van der Waals surface area contributed by atoms with Gasteiger partial charge in [-0.05, 0) is 30.5 Å². The van der Waals surface area contributed by atoms with Crippen LogP contribution in [0.15, 0.2) is 18.2 Å². The third kappa shape index (κ3) is 1.95. The van der Waals surface area contributed by atoms with Gasteiger partial charge in [-0.1, -0.05) is 19.9 Å². The summed E-state index contributed by atoms with van der Waals surface area (Å²) in [5.74, 6) is 0.691. The van der Waals surface area contributed by atoms with Gasteiger partial charge in [-0.25, -0.2) is 4.98 Å². The Morgan fingerprint density at radius 2 is 2.14 bits per heavy atom. The summed E-state index contributed by atoms with van der Waals surface area (Å²) in [5.41, 5.74) is 2.45. The molecule has 2 aromatic rings. The van der Waals surface area contributed by atoms with E-state index in [1.165, 1.54) is 15.3 Å². The third-order valence-electron chi connectivity index (χ3n) is 2.17. The van der Waals surface area contributed by atoms with E-state index in [0.717, 1.165) is 11.9 Å². The minimum Gasteiger partial charge on any atom is -0.241 e. The molecule has 2 heteroatoms. The van der Waals surface area contributed by atoms with Crippen molar-refractivity contribution in [3.63, 3.8) is 0 Å². The first kappa shape index (κ1) is 9.66. The molecule has 2 rings (SSSR count). The number of fused-ring (bicyclic) bond motifs is 1. The Morgan fingerprint density at radius 3 is 2.86 bits per heavy atom. The topological polar surface area (TPSA) is 12.9 Å². The van der Waals surface area contributed by atoms with Crippen LogP contribution >= 0.6 is 11.3 Å². The third-order valence-corrected chi connectivity index (χ3v) is 3.23. The SMILES string of the molecule is Cc1ccc2sc(CC(C)C)nc2c1. The number of benzene rings is 1. The molecule has 74 valence electrons. The van der Waals surface area contributed by atoms with Gasteiger partial charge in [0.05, 0.1) is 15.2 Å². The first-order valence-corrected chi connectivity index (χ1v) is 5.83. The van der Waals surface area contributed by atoms with Crippen molar-refractivity contribution in [1.82, 2.24) is 4.98 Å². The highest BCUT2D eigenvalue weighted by Gasteiger charge is 2.05. The largest absolute Gasteiger partial charge is 0.241 e. The van der Waals surface area contributed by atoms with Crippen LogP contribution in [0.4, 0.5) is 0 Å². The molecule has 0 bridgehead atoms. The zero-order valence-corrected chi connectivity index (χ0v) is 9.69. The molecule has 0 amide bonds. The van der Waals surface area contributed by atoms with E-state index in [1.807, 2.05) is 11.3 Å². The van der Waals surface area contributed by atoms with E-state index in [9.17, 15) is 0 Å². The molecule has 0 saturated heterocycles. The molecule has 0 aliphatic rings. The first-order valence-electron chi connectivity index (χ1n) is 5.01. The summed E-state index contributed by atoms with van der Waals surface area (Å²) in [6.45, 7) is 6.58. The Hall–Kier alpha value is -0.890. The lowest BCUT2D eigenvalue weighted by Gasteiger charge is -1.97. The molecule has 0 radical (unpaired) electrons. The minimum absolute atomic E-state index is 0.691. The van der Waals surface area contributed by atoms with Gasteiger partial charge in [-0.2, -0.15) is 0 Å². The molecule has 1 aromatic carbocycles. The maximum Gasteiger partial charge on any atom is 0.0941 e. The summed E-state index contributed by atoms with van der Waals surface area (Å²) in [6.07, 6.45) is 1.10. The Labute approximate surface area is 88.8 Å². The molecule has 0 unspecified atom stereocenters. The van der Waals surface area contributed by atoms with Gasteiger partial charge >= 0.3 is 0 Å². The molecule has 0 N–H and O–H groups in total. The van der Waals surface area contributed by atoms with Gasteiger partial charge in [0.25, 0.3) is 0 Å². The molecule has 0 saturated carbocycles. The molecule has 14 heavy (non-hydrogen) atoms. The molecule has 0 aliphatic heterocycles. The van der Waals surface area contributed by atoms with Crippen molar-refractivity contribution in [1.29, 1.82) is 0 Å². The highest BCUT2D eigenvalue weighted by atomic mass is 32.1. The molecular formula is C12H15NS. The van der Waals surface area contributed by atoms with Gasteiger partial charge < -0.3 is 0 Å². The number of hydrogen-bond acceptors (Lipinski definition) is 2. The maximum absolute atomic E-state index is 4.63. The van der Waals surface area contributed by atoms with Crippen molar-refractivity contribution in [2.75, 3.05) is 0 Å². The minimum atomic E-state index is 0.691. The van der Waals surface area contributed by atoms with Crippen molar-refractivity contribution >= 4 is 21.6 Å². The molecule has 0 fully saturated rings. The fraction of sp³-hybridized carbons (Fsp3) is 0.417. The second-order valence-electron chi connectivity index (χ2n) is 4.18. The lowest BCUT2D eigenvalue weighted by Crippen LogP contribution is -1.91. The van der Waals surface area contributed by atoms with Gasteiger partial charge in [0.2, 0.25) is 0 Å². The normalized spacial score (nSPS) is 11.4. The highest BCUT2D eigenvalue weighted by molar-refractivity contribution is 7.18. The first-order chi connectivity index (χ1) is 6.65. The lowest BCUT2D eigenvalue weighted by molar-refractivity contribution is 0.645. The van der Waals surface area contributed by atoms with E-state index in [2.05, 4.69) is 44.0 Å². The zero-order valence-electron chi connectivity index (χ0n) is 8.87. The Balaban J connectivity index is 2.41. The van der Waals surface area contributed by atoms with Crippen molar-refractivity contribution < 1.29 is 0 Å². The predicted octanol–water partition coefficient (Wildman–Crippen LogP) is 3.80. The zero-order chi connectivity index (χ0) is 10.1. The molecule has 1 aromatic heterocycles. The molecule has 1 heterocycles. The Morgan fingerprint density at radius 1 is 1.36 bits per heavy atom. The maximum atomic E-state index is 4.63. The van der Waals surface area contributed by atoms with Crippen LogP contribution in [0.5, 0.6) is 0 Å². The van der Waals surface area contributed by atoms with E-state index in [1.54, 1.807) is 0 Å². The van der Waals surface area contributed by atoms with Crippen molar-refractivity contribution in [2.45, 2.75) is 27.2 Å². The molecule has 1 nitrogen and oxygen atoms in total. The van der Waals surface area contributed by atoms with Gasteiger partial charge in [0, 0.05) is 6.42 Å². The standard InChI is InChI=1S/C12H15NS/c1-8(2)6-12-13-10-7-9(3)4-5-11(10)14-12/h4-5,7-8H,6H2,1-3H3. The summed E-state index contributed by atoms with van der Waals surface area (Å²) in [6, 6.07) is 6.49. The number of nitrogens with zero attached hydrogens (tertiary/aromatic N) is 1. The second-order valence-corrected chi connectivity index (χ2v) is 5.29. The molecule has 0 spiro atoms. The highest BCUT2D eigenvalue weighted by Crippen LogP contribution is 2.24. The monoisotopic (exact) mass is 205 g/mol. The fourth-order valence-electron chi connectivity index (χ4n) is 1.52. The Bertz CT molecular complexity index is 443. The number of hydrogen-bond donors (Lipinski definition) is 0.